The highest BCUT2D eigenvalue weighted by Crippen LogP contribution is 2.33. The number of likely N-dealkylation sites (tertiary alicyclic amines) is 1. The van der Waals surface area contributed by atoms with Gasteiger partial charge in [0.15, 0.2) is 0 Å². The zero-order valence-electron chi connectivity index (χ0n) is 14.3. The molecule has 0 radical (unpaired) electrons. The summed E-state index contributed by atoms with van der Waals surface area (Å²) in [6, 6.07) is 8.54. The Balaban J connectivity index is 1.77. The summed E-state index contributed by atoms with van der Waals surface area (Å²) in [4.78, 5) is 2.34. The van der Waals surface area contributed by atoms with Crippen molar-refractivity contribution in [1.29, 1.82) is 0 Å². The number of ether oxygens (including phenoxy) is 1. The van der Waals surface area contributed by atoms with Crippen LogP contribution in [-0.2, 0) is 6.54 Å². The highest BCUT2D eigenvalue weighted by atomic mass is 16.5. The Labute approximate surface area is 134 Å². The Kier molecular flexibility index (Phi) is 5.84. The first-order valence-corrected chi connectivity index (χ1v) is 8.21. The van der Waals surface area contributed by atoms with E-state index < -0.39 is 5.60 Å². The minimum absolute atomic E-state index is 0.316. The molecule has 1 saturated heterocycles. The van der Waals surface area contributed by atoms with Gasteiger partial charge < -0.3 is 20.1 Å². The molecule has 2 N–H and O–H groups in total. The largest absolute Gasteiger partial charge is 0.497 e. The summed E-state index contributed by atoms with van der Waals surface area (Å²) in [5, 5.41) is 14.4. The molecular weight excluding hydrogens is 276 g/mol. The van der Waals surface area contributed by atoms with E-state index in [4.69, 9.17) is 4.74 Å². The van der Waals surface area contributed by atoms with Crippen LogP contribution < -0.4 is 10.1 Å². The van der Waals surface area contributed by atoms with Crippen molar-refractivity contribution in [3.8, 4) is 5.75 Å². The third-order valence-corrected chi connectivity index (χ3v) is 5.10. The van der Waals surface area contributed by atoms with Gasteiger partial charge in [0, 0.05) is 19.1 Å². The third kappa shape index (κ3) is 4.22. The van der Waals surface area contributed by atoms with Crippen LogP contribution in [0.5, 0.6) is 5.75 Å². The van der Waals surface area contributed by atoms with Crippen LogP contribution in [0.25, 0.3) is 0 Å². The number of hydrogen-bond donors (Lipinski definition) is 2. The predicted octanol–water partition coefficient (Wildman–Crippen LogP) is 2.27. The number of nitrogens with zero attached hydrogens (tertiary/aromatic N) is 1. The van der Waals surface area contributed by atoms with Crippen molar-refractivity contribution in [3.63, 3.8) is 0 Å². The lowest BCUT2D eigenvalue weighted by Gasteiger charge is -2.46. The molecule has 0 unspecified atom stereocenters. The van der Waals surface area contributed by atoms with Gasteiger partial charge in [-0.25, -0.2) is 0 Å². The van der Waals surface area contributed by atoms with Crippen molar-refractivity contribution in [3.05, 3.63) is 29.8 Å². The van der Waals surface area contributed by atoms with E-state index in [1.165, 1.54) is 5.56 Å². The molecule has 0 aliphatic carbocycles. The first-order valence-electron chi connectivity index (χ1n) is 8.21. The van der Waals surface area contributed by atoms with E-state index in [0.717, 1.165) is 38.2 Å². The molecule has 0 spiro atoms. The minimum atomic E-state index is -0.543. The van der Waals surface area contributed by atoms with Crippen LogP contribution in [-0.4, -0.2) is 48.9 Å². The Morgan fingerprint density at radius 2 is 2.00 bits per heavy atom. The van der Waals surface area contributed by atoms with Crippen LogP contribution in [0.2, 0.25) is 0 Å². The molecule has 1 aliphatic heterocycles. The lowest BCUT2D eigenvalue weighted by molar-refractivity contribution is -0.0831. The van der Waals surface area contributed by atoms with Crippen LogP contribution in [0.3, 0.4) is 0 Å². The Morgan fingerprint density at radius 3 is 2.64 bits per heavy atom. The molecule has 0 saturated carbocycles. The van der Waals surface area contributed by atoms with Crippen LogP contribution in [0, 0.1) is 5.92 Å². The standard InChI is InChI=1S/C18H30N2O2/c1-14-13-20(3)15(2)11-18(14,21)9-10-19-12-16-5-7-17(22-4)8-6-16/h5-8,14-15,19,21H,9-13H2,1-4H3/t14-,15+,18+/m0/s1. The van der Waals surface area contributed by atoms with Crippen molar-refractivity contribution >= 4 is 0 Å². The van der Waals surface area contributed by atoms with Gasteiger partial charge in [-0.15, -0.1) is 0 Å². The van der Waals surface area contributed by atoms with Gasteiger partial charge >= 0.3 is 0 Å². The maximum Gasteiger partial charge on any atom is 0.118 e. The molecule has 0 bridgehead atoms. The van der Waals surface area contributed by atoms with E-state index in [0.29, 0.717) is 12.0 Å². The molecule has 1 aromatic carbocycles. The number of piperidine rings is 1. The number of benzene rings is 1. The molecule has 1 aliphatic rings. The van der Waals surface area contributed by atoms with Crippen molar-refractivity contribution < 1.29 is 9.84 Å². The van der Waals surface area contributed by atoms with Gasteiger partial charge in [-0.3, -0.25) is 0 Å². The lowest BCUT2D eigenvalue weighted by Crippen LogP contribution is -2.54. The molecule has 0 amide bonds. The molecule has 0 aromatic heterocycles. The number of rotatable bonds is 6. The highest BCUT2D eigenvalue weighted by molar-refractivity contribution is 5.26. The predicted molar refractivity (Wildman–Crippen MR) is 90.1 cm³/mol. The molecule has 1 heterocycles. The Bertz CT molecular complexity index is 463. The summed E-state index contributed by atoms with van der Waals surface area (Å²) < 4.78 is 5.16. The Morgan fingerprint density at radius 1 is 1.32 bits per heavy atom. The SMILES string of the molecule is COc1ccc(CNCC[C@@]2(O)C[C@@H](C)N(C)C[C@@H]2C)cc1. The van der Waals surface area contributed by atoms with Gasteiger partial charge in [-0.2, -0.15) is 0 Å². The molecule has 2 rings (SSSR count). The topological polar surface area (TPSA) is 44.7 Å². The second-order valence-electron chi connectivity index (χ2n) is 6.77. The maximum absolute atomic E-state index is 10.9. The van der Waals surface area contributed by atoms with E-state index in [9.17, 15) is 5.11 Å². The summed E-state index contributed by atoms with van der Waals surface area (Å²) in [7, 11) is 3.82. The van der Waals surface area contributed by atoms with Gasteiger partial charge in [0.1, 0.15) is 5.75 Å². The van der Waals surface area contributed by atoms with Crippen molar-refractivity contribution in [1.82, 2.24) is 10.2 Å². The van der Waals surface area contributed by atoms with Gasteiger partial charge in [-0.05, 0) is 57.0 Å². The number of aliphatic hydroxyl groups is 1. The fraction of sp³-hybridized carbons (Fsp3) is 0.667. The van der Waals surface area contributed by atoms with E-state index in [2.05, 4.69) is 43.2 Å². The quantitative estimate of drug-likeness (QED) is 0.792. The summed E-state index contributed by atoms with van der Waals surface area (Å²) in [5.41, 5.74) is 0.691. The van der Waals surface area contributed by atoms with Gasteiger partial charge in [0.05, 0.1) is 12.7 Å². The first-order chi connectivity index (χ1) is 10.4. The highest BCUT2D eigenvalue weighted by Gasteiger charge is 2.40. The normalized spacial score (nSPS) is 29.5. The second-order valence-corrected chi connectivity index (χ2v) is 6.77. The van der Waals surface area contributed by atoms with Crippen molar-refractivity contribution in [2.45, 2.75) is 44.9 Å². The summed E-state index contributed by atoms with van der Waals surface area (Å²) in [5.74, 6) is 1.20. The van der Waals surface area contributed by atoms with Crippen LogP contribution in [0.15, 0.2) is 24.3 Å². The van der Waals surface area contributed by atoms with Gasteiger partial charge in [-0.1, -0.05) is 19.1 Å². The number of methoxy groups -OCH3 is 1. The average molecular weight is 306 g/mol. The molecule has 1 aromatic rings. The van der Waals surface area contributed by atoms with E-state index in [1.807, 2.05) is 12.1 Å². The summed E-state index contributed by atoms with van der Waals surface area (Å²) >= 11 is 0. The molecular formula is C18H30N2O2. The maximum atomic E-state index is 10.9. The lowest BCUT2D eigenvalue weighted by atomic mass is 9.77. The summed E-state index contributed by atoms with van der Waals surface area (Å²) in [6.45, 7) is 6.98. The van der Waals surface area contributed by atoms with E-state index in [-0.39, 0.29) is 0 Å². The second kappa shape index (κ2) is 7.44. The molecule has 4 nitrogen and oxygen atoms in total. The summed E-state index contributed by atoms with van der Waals surface area (Å²) in [6.07, 6.45) is 1.66. The van der Waals surface area contributed by atoms with Crippen LogP contribution in [0.1, 0.15) is 32.3 Å². The number of hydrogen-bond acceptors (Lipinski definition) is 4. The minimum Gasteiger partial charge on any atom is -0.497 e. The van der Waals surface area contributed by atoms with Crippen molar-refractivity contribution in [2.24, 2.45) is 5.92 Å². The van der Waals surface area contributed by atoms with Gasteiger partial charge in [0.2, 0.25) is 0 Å². The van der Waals surface area contributed by atoms with Crippen molar-refractivity contribution in [2.75, 3.05) is 27.2 Å². The first kappa shape index (κ1) is 17.3. The zero-order chi connectivity index (χ0) is 16.2. The number of nitrogens with one attached hydrogen (secondary N) is 1. The molecule has 3 atom stereocenters. The Hall–Kier alpha value is -1.10. The van der Waals surface area contributed by atoms with E-state index in [1.54, 1.807) is 7.11 Å². The molecule has 1 fully saturated rings. The zero-order valence-corrected chi connectivity index (χ0v) is 14.3. The smallest absolute Gasteiger partial charge is 0.118 e. The van der Waals surface area contributed by atoms with E-state index >= 15 is 0 Å². The van der Waals surface area contributed by atoms with Gasteiger partial charge in [0.25, 0.3) is 0 Å². The average Bonchev–Trinajstić information content (AvgIpc) is 2.50. The molecule has 124 valence electrons. The fourth-order valence-electron chi connectivity index (χ4n) is 3.28. The van der Waals surface area contributed by atoms with Crippen LogP contribution in [0.4, 0.5) is 0 Å². The molecule has 4 heteroatoms. The molecule has 22 heavy (non-hydrogen) atoms. The monoisotopic (exact) mass is 306 g/mol. The third-order valence-electron chi connectivity index (χ3n) is 5.10. The fourth-order valence-corrected chi connectivity index (χ4v) is 3.28. The van der Waals surface area contributed by atoms with Crippen LogP contribution >= 0.6 is 0 Å².